The van der Waals surface area contributed by atoms with Gasteiger partial charge in [0.1, 0.15) is 22.0 Å². The van der Waals surface area contributed by atoms with Gasteiger partial charge in [0.05, 0.1) is 0 Å². The second-order valence-electron chi connectivity index (χ2n) is 6.76. The standard InChI is InChI=1S/C19H21IO4S/c1-13-4-6-17(7-5-13)25(21,22)24-16-10-14(2)18-15(11-16)8-9-19(3,12-20)23-18/h4-7,10-11H,8-9,12H2,1-3H3/t19-/m0/s1. The van der Waals surface area contributed by atoms with Gasteiger partial charge in [-0.15, -0.1) is 0 Å². The summed E-state index contributed by atoms with van der Waals surface area (Å²) in [4.78, 5) is 0.155. The quantitative estimate of drug-likeness (QED) is 0.371. The maximum Gasteiger partial charge on any atom is 0.339 e. The molecule has 0 aliphatic carbocycles. The van der Waals surface area contributed by atoms with Gasteiger partial charge in [-0.05, 0) is 69.0 Å². The predicted octanol–water partition coefficient (Wildman–Crippen LogP) is 4.59. The van der Waals surface area contributed by atoms with E-state index in [1.165, 1.54) is 0 Å². The first-order chi connectivity index (χ1) is 11.7. The molecule has 0 bridgehead atoms. The van der Waals surface area contributed by atoms with Crippen molar-refractivity contribution >= 4 is 32.7 Å². The van der Waals surface area contributed by atoms with E-state index < -0.39 is 10.1 Å². The number of hydrogen-bond acceptors (Lipinski definition) is 4. The molecule has 0 N–H and O–H groups in total. The van der Waals surface area contributed by atoms with E-state index in [0.717, 1.165) is 39.7 Å². The fourth-order valence-electron chi connectivity index (χ4n) is 2.86. The molecule has 1 atom stereocenters. The van der Waals surface area contributed by atoms with Gasteiger partial charge in [0, 0.05) is 4.43 Å². The van der Waals surface area contributed by atoms with Crippen LogP contribution in [0.2, 0.25) is 0 Å². The van der Waals surface area contributed by atoms with Crippen molar-refractivity contribution in [3.8, 4) is 11.5 Å². The third-order valence-electron chi connectivity index (χ3n) is 4.39. The predicted molar refractivity (Wildman–Crippen MR) is 106 cm³/mol. The van der Waals surface area contributed by atoms with Gasteiger partial charge in [0.2, 0.25) is 0 Å². The van der Waals surface area contributed by atoms with E-state index in [1.54, 1.807) is 36.4 Å². The number of hydrogen-bond donors (Lipinski definition) is 0. The van der Waals surface area contributed by atoms with Crippen molar-refractivity contribution < 1.29 is 17.3 Å². The first kappa shape index (κ1) is 18.5. The molecule has 25 heavy (non-hydrogen) atoms. The van der Waals surface area contributed by atoms with E-state index in [2.05, 4.69) is 29.5 Å². The molecule has 0 amide bonds. The molecule has 1 aliphatic rings. The molecule has 0 saturated carbocycles. The van der Waals surface area contributed by atoms with Crippen LogP contribution in [0, 0.1) is 13.8 Å². The largest absolute Gasteiger partial charge is 0.486 e. The van der Waals surface area contributed by atoms with Crippen LogP contribution in [0.15, 0.2) is 41.3 Å². The average molecular weight is 472 g/mol. The Hall–Kier alpha value is -1.28. The van der Waals surface area contributed by atoms with Gasteiger partial charge in [-0.2, -0.15) is 8.42 Å². The fraction of sp³-hybridized carbons (Fsp3) is 0.368. The zero-order valence-electron chi connectivity index (χ0n) is 14.5. The van der Waals surface area contributed by atoms with Crippen molar-refractivity contribution in [3.05, 3.63) is 53.1 Å². The van der Waals surface area contributed by atoms with Gasteiger partial charge < -0.3 is 8.92 Å². The third kappa shape index (κ3) is 3.95. The van der Waals surface area contributed by atoms with Crippen molar-refractivity contribution in [3.63, 3.8) is 0 Å². The molecule has 2 aromatic rings. The van der Waals surface area contributed by atoms with Crippen LogP contribution in [0.25, 0.3) is 0 Å². The monoisotopic (exact) mass is 472 g/mol. The van der Waals surface area contributed by atoms with E-state index in [4.69, 9.17) is 8.92 Å². The maximum absolute atomic E-state index is 12.5. The molecule has 1 aliphatic heterocycles. The molecular formula is C19H21IO4S. The lowest BCUT2D eigenvalue weighted by Gasteiger charge is -2.35. The highest BCUT2D eigenvalue weighted by Crippen LogP contribution is 2.39. The van der Waals surface area contributed by atoms with Crippen LogP contribution in [-0.4, -0.2) is 18.4 Å². The summed E-state index contributed by atoms with van der Waals surface area (Å²) in [6, 6.07) is 10.1. The van der Waals surface area contributed by atoms with Crippen LogP contribution in [-0.2, 0) is 16.5 Å². The Morgan fingerprint density at radius 1 is 1.20 bits per heavy atom. The van der Waals surface area contributed by atoms with Crippen LogP contribution in [0.5, 0.6) is 11.5 Å². The van der Waals surface area contributed by atoms with Gasteiger partial charge in [0.25, 0.3) is 0 Å². The second kappa shape index (κ2) is 6.79. The van der Waals surface area contributed by atoms with Gasteiger partial charge in [-0.25, -0.2) is 0 Å². The molecule has 134 valence electrons. The van der Waals surface area contributed by atoms with Crippen molar-refractivity contribution in [1.82, 2.24) is 0 Å². The minimum Gasteiger partial charge on any atom is -0.486 e. The smallest absolute Gasteiger partial charge is 0.339 e. The third-order valence-corrected chi connectivity index (χ3v) is 7.27. The summed E-state index contributed by atoms with van der Waals surface area (Å²) < 4.78 is 37.4. The highest BCUT2D eigenvalue weighted by Gasteiger charge is 2.32. The Labute approximate surface area is 162 Å². The molecule has 0 fully saturated rings. The number of halogens is 1. The molecule has 4 nitrogen and oxygen atoms in total. The molecule has 0 radical (unpaired) electrons. The summed E-state index contributed by atoms with van der Waals surface area (Å²) in [5, 5.41) is 0. The SMILES string of the molecule is Cc1ccc(S(=O)(=O)Oc2cc(C)c3c(c2)CC[C@@](C)(CI)O3)cc1. The van der Waals surface area contributed by atoms with Crippen molar-refractivity contribution in [1.29, 1.82) is 0 Å². The van der Waals surface area contributed by atoms with Gasteiger partial charge in [0.15, 0.2) is 0 Å². The van der Waals surface area contributed by atoms with E-state index >= 15 is 0 Å². The summed E-state index contributed by atoms with van der Waals surface area (Å²) >= 11 is 2.34. The number of benzene rings is 2. The van der Waals surface area contributed by atoms with Crippen molar-refractivity contribution in [2.24, 2.45) is 0 Å². The molecule has 0 unspecified atom stereocenters. The maximum atomic E-state index is 12.5. The van der Waals surface area contributed by atoms with E-state index in [1.807, 2.05) is 13.8 Å². The Bertz CT molecular complexity index is 890. The number of aryl methyl sites for hydroxylation is 3. The van der Waals surface area contributed by atoms with Crippen LogP contribution in [0.3, 0.4) is 0 Å². The van der Waals surface area contributed by atoms with Crippen LogP contribution in [0.1, 0.15) is 30.0 Å². The number of fused-ring (bicyclic) bond motifs is 1. The van der Waals surface area contributed by atoms with E-state index in [9.17, 15) is 8.42 Å². The topological polar surface area (TPSA) is 52.6 Å². The summed E-state index contributed by atoms with van der Waals surface area (Å²) in [6.45, 7) is 5.94. The molecule has 0 spiro atoms. The Kier molecular flexibility index (Phi) is 5.03. The summed E-state index contributed by atoms with van der Waals surface area (Å²) in [5.41, 5.74) is 2.71. The molecule has 0 saturated heterocycles. The lowest BCUT2D eigenvalue weighted by molar-refractivity contribution is 0.0914. The lowest BCUT2D eigenvalue weighted by Crippen LogP contribution is -2.38. The molecule has 6 heteroatoms. The normalized spacial score (nSPS) is 19.8. The van der Waals surface area contributed by atoms with Crippen LogP contribution < -0.4 is 8.92 Å². The number of ether oxygens (including phenoxy) is 1. The first-order valence-electron chi connectivity index (χ1n) is 8.12. The molecule has 1 heterocycles. The van der Waals surface area contributed by atoms with E-state index in [0.29, 0.717) is 5.75 Å². The van der Waals surface area contributed by atoms with Gasteiger partial charge in [-0.3, -0.25) is 0 Å². The van der Waals surface area contributed by atoms with Crippen LogP contribution in [0.4, 0.5) is 0 Å². The Balaban J connectivity index is 1.90. The highest BCUT2D eigenvalue weighted by molar-refractivity contribution is 14.1. The lowest BCUT2D eigenvalue weighted by atomic mass is 9.93. The average Bonchev–Trinajstić information content (AvgIpc) is 2.56. The van der Waals surface area contributed by atoms with E-state index in [-0.39, 0.29) is 10.5 Å². The van der Waals surface area contributed by atoms with Crippen molar-refractivity contribution in [2.75, 3.05) is 4.43 Å². The van der Waals surface area contributed by atoms with Crippen molar-refractivity contribution in [2.45, 2.75) is 44.1 Å². The second-order valence-corrected chi connectivity index (χ2v) is 9.07. The Morgan fingerprint density at radius 2 is 1.88 bits per heavy atom. The van der Waals surface area contributed by atoms with Gasteiger partial charge in [-0.1, -0.05) is 40.3 Å². The molecule has 2 aromatic carbocycles. The highest BCUT2D eigenvalue weighted by atomic mass is 127. The zero-order valence-corrected chi connectivity index (χ0v) is 17.5. The number of rotatable bonds is 4. The minimum atomic E-state index is -3.84. The molecular weight excluding hydrogens is 451 g/mol. The Morgan fingerprint density at radius 3 is 2.52 bits per heavy atom. The van der Waals surface area contributed by atoms with Gasteiger partial charge >= 0.3 is 10.1 Å². The summed E-state index contributed by atoms with van der Waals surface area (Å²) in [5.74, 6) is 1.18. The minimum absolute atomic E-state index is 0.155. The van der Waals surface area contributed by atoms with Crippen LogP contribution >= 0.6 is 22.6 Å². The fourth-order valence-corrected chi connectivity index (χ4v) is 4.31. The first-order valence-corrected chi connectivity index (χ1v) is 11.1. The molecule has 3 rings (SSSR count). The number of alkyl halides is 1. The molecule has 0 aromatic heterocycles. The summed E-state index contributed by atoms with van der Waals surface area (Å²) in [6.07, 6.45) is 1.74. The summed E-state index contributed by atoms with van der Waals surface area (Å²) in [7, 11) is -3.84. The zero-order chi connectivity index (χ0) is 18.2.